The van der Waals surface area contributed by atoms with Gasteiger partial charge < -0.3 is 15.3 Å². The molecule has 26 heavy (non-hydrogen) atoms. The molecule has 0 aliphatic heterocycles. The number of halogens is 3. The highest BCUT2D eigenvalue weighted by atomic mass is 19.3. The topological polar surface area (TPSA) is 73.1 Å². The number of aromatic nitrogens is 2. The first-order valence-corrected chi connectivity index (χ1v) is 8.57. The maximum Gasteiger partial charge on any atom is 0.248 e. The minimum absolute atomic E-state index is 0.0246. The van der Waals surface area contributed by atoms with Gasteiger partial charge in [0.15, 0.2) is 0 Å². The molecule has 3 rings (SSSR count). The van der Waals surface area contributed by atoms with Crippen molar-refractivity contribution in [2.24, 2.45) is 11.6 Å². The number of hydrogen-bond acceptors (Lipinski definition) is 4. The van der Waals surface area contributed by atoms with E-state index >= 15 is 4.39 Å². The highest BCUT2D eigenvalue weighted by Crippen LogP contribution is 2.41. The van der Waals surface area contributed by atoms with E-state index in [1.165, 1.54) is 5.01 Å². The molecule has 142 valence electrons. The van der Waals surface area contributed by atoms with Crippen molar-refractivity contribution in [3.8, 4) is 0 Å². The highest BCUT2D eigenvalue weighted by Gasteiger charge is 2.44. The highest BCUT2D eigenvalue weighted by molar-refractivity contribution is 5.80. The molecule has 0 unspecified atom stereocenters. The number of pyridine rings is 1. The Balaban J connectivity index is 1.93. The molecule has 1 saturated carbocycles. The number of nitrogens with two attached hydrogens (primary N) is 2. The van der Waals surface area contributed by atoms with Crippen LogP contribution in [-0.4, -0.2) is 33.2 Å². The molecule has 8 heteroatoms. The summed E-state index contributed by atoms with van der Waals surface area (Å²) in [6, 6.07) is 3.63. The second kappa shape index (κ2) is 6.50. The monoisotopic (exact) mass is 367 g/mol. The Bertz CT molecular complexity index is 826. The summed E-state index contributed by atoms with van der Waals surface area (Å²) in [5, 5.41) is 1.41. The van der Waals surface area contributed by atoms with Crippen LogP contribution >= 0.6 is 0 Å². The summed E-state index contributed by atoms with van der Waals surface area (Å²) >= 11 is 0. The molecule has 0 bridgehead atoms. The quantitative estimate of drug-likeness (QED) is 0.642. The van der Waals surface area contributed by atoms with Crippen LogP contribution in [0.3, 0.4) is 0 Å². The van der Waals surface area contributed by atoms with E-state index in [1.54, 1.807) is 37.0 Å². The van der Waals surface area contributed by atoms with E-state index in [1.807, 2.05) is 6.07 Å². The van der Waals surface area contributed by atoms with E-state index in [9.17, 15) is 8.78 Å². The van der Waals surface area contributed by atoms with Crippen molar-refractivity contribution in [2.75, 3.05) is 7.05 Å². The lowest BCUT2D eigenvalue weighted by Crippen LogP contribution is -2.38. The van der Waals surface area contributed by atoms with Gasteiger partial charge in [0.05, 0.1) is 23.3 Å². The van der Waals surface area contributed by atoms with Gasteiger partial charge in [0, 0.05) is 43.5 Å². The molecule has 1 fully saturated rings. The SMILES string of the molecule is C/C(N)=C(\c1cnc2ccn(CC3(F)CCC(F)(F)CC3)c2c1)N(C)N. The first kappa shape index (κ1) is 18.6. The molecule has 2 aromatic heterocycles. The normalized spacial score (nSPS) is 20.1. The average molecular weight is 367 g/mol. The summed E-state index contributed by atoms with van der Waals surface area (Å²) in [6.07, 6.45) is 2.28. The minimum Gasteiger partial charge on any atom is -0.401 e. The van der Waals surface area contributed by atoms with Gasteiger partial charge in [0.25, 0.3) is 0 Å². The van der Waals surface area contributed by atoms with Gasteiger partial charge in [-0.1, -0.05) is 0 Å². The van der Waals surface area contributed by atoms with Crippen molar-refractivity contribution < 1.29 is 13.2 Å². The van der Waals surface area contributed by atoms with Gasteiger partial charge in [-0.05, 0) is 31.9 Å². The summed E-state index contributed by atoms with van der Waals surface area (Å²) in [5.74, 6) is 3.10. The molecule has 4 N–H and O–H groups in total. The molecule has 5 nitrogen and oxygen atoms in total. The number of alkyl halides is 3. The van der Waals surface area contributed by atoms with E-state index in [2.05, 4.69) is 4.98 Å². The van der Waals surface area contributed by atoms with Crippen LogP contribution in [0.5, 0.6) is 0 Å². The smallest absolute Gasteiger partial charge is 0.248 e. The fourth-order valence-electron chi connectivity index (χ4n) is 3.57. The van der Waals surface area contributed by atoms with E-state index in [4.69, 9.17) is 11.6 Å². The lowest BCUT2D eigenvalue weighted by molar-refractivity contribution is -0.0791. The van der Waals surface area contributed by atoms with Crippen LogP contribution in [-0.2, 0) is 6.54 Å². The summed E-state index contributed by atoms with van der Waals surface area (Å²) in [4.78, 5) is 4.39. The predicted octanol–water partition coefficient (Wildman–Crippen LogP) is 3.41. The summed E-state index contributed by atoms with van der Waals surface area (Å²) < 4.78 is 43.5. The third-order valence-corrected chi connectivity index (χ3v) is 4.95. The van der Waals surface area contributed by atoms with Crippen molar-refractivity contribution in [3.63, 3.8) is 0 Å². The van der Waals surface area contributed by atoms with Gasteiger partial charge in [0.2, 0.25) is 5.92 Å². The summed E-state index contributed by atoms with van der Waals surface area (Å²) in [6.45, 7) is 1.76. The number of hydrazine groups is 1. The first-order valence-electron chi connectivity index (χ1n) is 8.57. The average Bonchev–Trinajstić information content (AvgIpc) is 2.92. The maximum absolute atomic E-state index is 15.1. The van der Waals surface area contributed by atoms with Gasteiger partial charge in [-0.15, -0.1) is 0 Å². The van der Waals surface area contributed by atoms with Crippen LogP contribution in [0.1, 0.15) is 38.2 Å². The van der Waals surface area contributed by atoms with Crippen LogP contribution in [0.25, 0.3) is 16.7 Å². The van der Waals surface area contributed by atoms with E-state index < -0.39 is 24.4 Å². The Kier molecular flexibility index (Phi) is 4.64. The molecule has 0 atom stereocenters. The maximum atomic E-state index is 15.1. The number of allylic oxidation sites excluding steroid dienone is 1. The van der Waals surface area contributed by atoms with Gasteiger partial charge in [-0.2, -0.15) is 0 Å². The Labute approximate surface area is 150 Å². The Morgan fingerprint density at radius 3 is 2.50 bits per heavy atom. The zero-order valence-electron chi connectivity index (χ0n) is 15.0. The molecular formula is C18H24F3N5. The van der Waals surface area contributed by atoms with E-state index in [-0.39, 0.29) is 19.4 Å². The van der Waals surface area contributed by atoms with E-state index in [0.717, 1.165) is 5.52 Å². The van der Waals surface area contributed by atoms with E-state index in [0.29, 0.717) is 22.5 Å². The molecule has 0 aromatic carbocycles. The van der Waals surface area contributed by atoms with Gasteiger partial charge in [0.1, 0.15) is 5.67 Å². The molecular weight excluding hydrogens is 343 g/mol. The van der Waals surface area contributed by atoms with Crippen molar-refractivity contribution in [1.29, 1.82) is 0 Å². The standard InChI is InChI=1S/C18H24F3N5/c1-12(22)16(25(2)23)13-9-15-14(24-10-13)3-8-26(15)11-17(19)4-6-18(20,21)7-5-17/h3,8-10H,4-7,11,22-23H2,1-2H3/b16-12-. The third kappa shape index (κ3) is 3.65. The molecule has 0 amide bonds. The molecule has 2 heterocycles. The summed E-state index contributed by atoms with van der Waals surface area (Å²) in [7, 11) is 1.67. The first-order chi connectivity index (χ1) is 12.1. The zero-order valence-corrected chi connectivity index (χ0v) is 15.0. The lowest BCUT2D eigenvalue weighted by Gasteiger charge is -2.34. The lowest BCUT2D eigenvalue weighted by atomic mass is 9.84. The van der Waals surface area contributed by atoms with Gasteiger partial charge in [-0.25, -0.2) is 19.0 Å². The van der Waals surface area contributed by atoms with Crippen molar-refractivity contribution in [2.45, 2.75) is 50.7 Å². The Morgan fingerprint density at radius 2 is 1.92 bits per heavy atom. The van der Waals surface area contributed by atoms with Crippen molar-refractivity contribution >= 4 is 16.7 Å². The van der Waals surface area contributed by atoms with Crippen LogP contribution in [0, 0.1) is 0 Å². The zero-order chi connectivity index (χ0) is 19.1. The second-order valence-corrected chi connectivity index (χ2v) is 7.22. The Hall–Kier alpha value is -2.22. The number of fused-ring (bicyclic) bond motifs is 1. The largest absolute Gasteiger partial charge is 0.401 e. The molecule has 1 aliphatic rings. The van der Waals surface area contributed by atoms with Crippen LogP contribution in [0.15, 0.2) is 30.2 Å². The fourth-order valence-corrected chi connectivity index (χ4v) is 3.57. The number of hydrogen-bond donors (Lipinski definition) is 2. The minimum atomic E-state index is -2.76. The summed E-state index contributed by atoms with van der Waals surface area (Å²) in [5.41, 5.74) is 7.57. The molecule has 0 radical (unpaired) electrons. The fraction of sp³-hybridized carbons (Fsp3) is 0.500. The van der Waals surface area contributed by atoms with Crippen molar-refractivity contribution in [3.05, 3.63) is 35.8 Å². The molecule has 0 saturated heterocycles. The second-order valence-electron chi connectivity index (χ2n) is 7.22. The van der Waals surface area contributed by atoms with Crippen LogP contribution in [0.2, 0.25) is 0 Å². The van der Waals surface area contributed by atoms with Crippen LogP contribution < -0.4 is 11.6 Å². The Morgan fingerprint density at radius 1 is 1.27 bits per heavy atom. The molecule has 0 spiro atoms. The molecule has 2 aromatic rings. The number of nitrogens with zero attached hydrogens (tertiary/aromatic N) is 3. The predicted molar refractivity (Wildman–Crippen MR) is 95.7 cm³/mol. The number of rotatable bonds is 4. The third-order valence-electron chi connectivity index (χ3n) is 4.95. The van der Waals surface area contributed by atoms with Crippen LogP contribution in [0.4, 0.5) is 13.2 Å². The van der Waals surface area contributed by atoms with Gasteiger partial charge in [-0.3, -0.25) is 4.98 Å². The molecule has 1 aliphatic carbocycles. The van der Waals surface area contributed by atoms with Crippen molar-refractivity contribution in [1.82, 2.24) is 14.6 Å². The van der Waals surface area contributed by atoms with Gasteiger partial charge >= 0.3 is 0 Å².